The van der Waals surface area contributed by atoms with Crippen molar-refractivity contribution < 1.29 is 13.9 Å². The second kappa shape index (κ2) is 9.92. The number of hydrogen-bond donors (Lipinski definition) is 1. The van der Waals surface area contributed by atoms with Crippen LogP contribution in [0.4, 0.5) is 4.39 Å². The van der Waals surface area contributed by atoms with E-state index in [9.17, 15) is 9.18 Å². The van der Waals surface area contributed by atoms with E-state index >= 15 is 0 Å². The Bertz CT molecular complexity index is 1140. The summed E-state index contributed by atoms with van der Waals surface area (Å²) in [5, 5.41) is 7.33. The summed E-state index contributed by atoms with van der Waals surface area (Å²) in [4.78, 5) is 13.0. The van der Waals surface area contributed by atoms with E-state index in [1.165, 1.54) is 12.1 Å². The maximum atomic E-state index is 13.3. The molecule has 0 bridgehead atoms. The Labute approximate surface area is 186 Å². The topological polar surface area (TPSA) is 56.1 Å². The molecule has 162 valence electrons. The van der Waals surface area contributed by atoms with E-state index in [1.54, 1.807) is 25.4 Å². The maximum absolute atomic E-state index is 13.3. The number of benzene rings is 3. The molecule has 5 nitrogen and oxygen atoms in total. The number of carbonyl (C=O) groups is 1. The molecule has 4 rings (SSSR count). The van der Waals surface area contributed by atoms with Gasteiger partial charge in [0.05, 0.1) is 19.7 Å². The predicted molar refractivity (Wildman–Crippen MR) is 121 cm³/mol. The Morgan fingerprint density at radius 1 is 1.00 bits per heavy atom. The van der Waals surface area contributed by atoms with Gasteiger partial charge in [0, 0.05) is 18.0 Å². The van der Waals surface area contributed by atoms with E-state index in [2.05, 4.69) is 10.4 Å². The summed E-state index contributed by atoms with van der Waals surface area (Å²) >= 11 is 0. The summed E-state index contributed by atoms with van der Waals surface area (Å²) in [7, 11) is 1.61. The molecule has 0 saturated heterocycles. The van der Waals surface area contributed by atoms with Crippen molar-refractivity contribution in [2.24, 2.45) is 0 Å². The molecule has 0 aliphatic heterocycles. The van der Waals surface area contributed by atoms with E-state index in [0.717, 1.165) is 22.4 Å². The molecule has 1 unspecified atom stereocenters. The first-order valence-corrected chi connectivity index (χ1v) is 10.4. The summed E-state index contributed by atoms with van der Waals surface area (Å²) < 4.78 is 20.4. The van der Waals surface area contributed by atoms with Crippen LogP contribution in [0.25, 0.3) is 0 Å². The molecule has 0 radical (unpaired) electrons. The SMILES string of the molecule is COc1ccc(C(Cc2ccc(F)cc2)NC(=O)c2ccc(Cn3cccn3)cc2)cc1. The Balaban J connectivity index is 1.51. The van der Waals surface area contributed by atoms with Crippen molar-refractivity contribution in [2.75, 3.05) is 7.11 Å². The lowest BCUT2D eigenvalue weighted by Crippen LogP contribution is -2.30. The van der Waals surface area contributed by atoms with Gasteiger partial charge in [-0.3, -0.25) is 9.48 Å². The second-order valence-corrected chi connectivity index (χ2v) is 7.53. The van der Waals surface area contributed by atoms with Crippen LogP contribution in [-0.4, -0.2) is 22.8 Å². The number of amides is 1. The quantitative estimate of drug-likeness (QED) is 0.438. The van der Waals surface area contributed by atoms with Crippen LogP contribution >= 0.6 is 0 Å². The normalized spacial score (nSPS) is 11.7. The van der Waals surface area contributed by atoms with E-state index in [0.29, 0.717) is 18.5 Å². The fourth-order valence-corrected chi connectivity index (χ4v) is 3.53. The third-order valence-electron chi connectivity index (χ3n) is 5.30. The van der Waals surface area contributed by atoms with E-state index < -0.39 is 0 Å². The minimum absolute atomic E-state index is 0.168. The molecule has 1 heterocycles. The van der Waals surface area contributed by atoms with Gasteiger partial charge in [-0.25, -0.2) is 4.39 Å². The van der Waals surface area contributed by atoms with E-state index in [4.69, 9.17) is 4.74 Å². The second-order valence-electron chi connectivity index (χ2n) is 7.53. The highest BCUT2D eigenvalue weighted by Gasteiger charge is 2.17. The first-order chi connectivity index (χ1) is 15.6. The standard InChI is InChI=1S/C26H24FN3O2/c1-32-24-13-9-21(10-14-24)25(17-19-5-11-23(27)12-6-19)29-26(31)22-7-3-20(4-8-22)18-30-16-2-15-28-30/h2-16,25H,17-18H2,1H3,(H,29,31). The third-order valence-corrected chi connectivity index (χ3v) is 5.30. The highest BCUT2D eigenvalue weighted by molar-refractivity contribution is 5.94. The number of methoxy groups -OCH3 is 1. The predicted octanol–water partition coefficient (Wildman–Crippen LogP) is 4.79. The largest absolute Gasteiger partial charge is 0.497 e. The minimum Gasteiger partial charge on any atom is -0.497 e. The molecule has 0 spiro atoms. The molecule has 0 saturated carbocycles. The minimum atomic E-state index is -0.283. The number of aromatic nitrogens is 2. The monoisotopic (exact) mass is 429 g/mol. The van der Waals surface area contributed by atoms with Crippen LogP contribution in [0.2, 0.25) is 0 Å². The lowest BCUT2D eigenvalue weighted by Gasteiger charge is -2.20. The van der Waals surface area contributed by atoms with Crippen LogP contribution < -0.4 is 10.1 Å². The fourth-order valence-electron chi connectivity index (χ4n) is 3.53. The summed E-state index contributed by atoms with van der Waals surface area (Å²) in [6.07, 6.45) is 4.17. The van der Waals surface area contributed by atoms with Gasteiger partial charge in [0.2, 0.25) is 0 Å². The third kappa shape index (κ3) is 5.40. The first kappa shape index (κ1) is 21.3. The van der Waals surface area contributed by atoms with Crippen molar-refractivity contribution in [3.63, 3.8) is 0 Å². The fraction of sp³-hybridized carbons (Fsp3) is 0.154. The summed E-state index contributed by atoms with van der Waals surface area (Å²) in [6, 6.07) is 23.0. The molecule has 6 heteroatoms. The first-order valence-electron chi connectivity index (χ1n) is 10.4. The van der Waals surface area contributed by atoms with Gasteiger partial charge in [0.25, 0.3) is 5.91 Å². The Hall–Kier alpha value is -3.93. The number of halogens is 1. The van der Waals surface area contributed by atoms with Crippen LogP contribution in [-0.2, 0) is 13.0 Å². The van der Waals surface area contributed by atoms with Crippen LogP contribution in [0.1, 0.15) is 33.1 Å². The summed E-state index contributed by atoms with van der Waals surface area (Å²) in [6.45, 7) is 0.647. The van der Waals surface area contributed by atoms with Gasteiger partial charge in [0.1, 0.15) is 11.6 Å². The Kier molecular flexibility index (Phi) is 6.60. The average Bonchev–Trinajstić information content (AvgIpc) is 3.33. The van der Waals surface area contributed by atoms with Crippen molar-refractivity contribution in [1.29, 1.82) is 0 Å². The lowest BCUT2D eigenvalue weighted by atomic mass is 9.98. The van der Waals surface area contributed by atoms with Crippen molar-refractivity contribution in [1.82, 2.24) is 15.1 Å². The molecule has 3 aromatic carbocycles. The van der Waals surface area contributed by atoms with Gasteiger partial charge in [0.15, 0.2) is 0 Å². The van der Waals surface area contributed by atoms with Gasteiger partial charge >= 0.3 is 0 Å². The number of ether oxygens (including phenoxy) is 1. The zero-order chi connectivity index (χ0) is 22.3. The number of nitrogens with one attached hydrogen (secondary N) is 1. The molecule has 0 fully saturated rings. The van der Waals surface area contributed by atoms with Crippen LogP contribution in [0.5, 0.6) is 5.75 Å². The van der Waals surface area contributed by atoms with Crippen molar-refractivity contribution in [3.05, 3.63) is 119 Å². The van der Waals surface area contributed by atoms with Crippen molar-refractivity contribution in [3.8, 4) is 5.75 Å². The zero-order valence-corrected chi connectivity index (χ0v) is 17.7. The van der Waals surface area contributed by atoms with Crippen molar-refractivity contribution >= 4 is 5.91 Å². The lowest BCUT2D eigenvalue weighted by molar-refractivity contribution is 0.0936. The van der Waals surface area contributed by atoms with Gasteiger partial charge in [-0.2, -0.15) is 5.10 Å². The van der Waals surface area contributed by atoms with E-state index in [1.807, 2.05) is 65.5 Å². The van der Waals surface area contributed by atoms with Gasteiger partial charge in [-0.1, -0.05) is 36.4 Å². The van der Waals surface area contributed by atoms with Gasteiger partial charge in [-0.15, -0.1) is 0 Å². The van der Waals surface area contributed by atoms with Crippen molar-refractivity contribution in [2.45, 2.75) is 19.0 Å². The number of rotatable bonds is 8. The van der Waals surface area contributed by atoms with E-state index in [-0.39, 0.29) is 17.8 Å². The molecular weight excluding hydrogens is 405 g/mol. The van der Waals surface area contributed by atoms with Gasteiger partial charge in [-0.05, 0) is 65.6 Å². The highest BCUT2D eigenvalue weighted by Crippen LogP contribution is 2.22. The number of carbonyl (C=O) groups excluding carboxylic acids is 1. The maximum Gasteiger partial charge on any atom is 0.251 e. The molecule has 32 heavy (non-hydrogen) atoms. The molecule has 4 aromatic rings. The molecule has 0 aliphatic rings. The van der Waals surface area contributed by atoms with Crippen LogP contribution in [0, 0.1) is 5.82 Å². The summed E-state index contributed by atoms with van der Waals surface area (Å²) in [5.74, 6) is 0.293. The molecule has 0 aliphatic carbocycles. The molecule has 1 aromatic heterocycles. The van der Waals surface area contributed by atoms with Gasteiger partial charge < -0.3 is 10.1 Å². The van der Waals surface area contributed by atoms with Crippen LogP contribution in [0.15, 0.2) is 91.3 Å². The Morgan fingerprint density at radius 2 is 1.69 bits per heavy atom. The smallest absolute Gasteiger partial charge is 0.251 e. The number of nitrogens with zero attached hydrogens (tertiary/aromatic N) is 2. The highest BCUT2D eigenvalue weighted by atomic mass is 19.1. The molecule has 1 N–H and O–H groups in total. The van der Waals surface area contributed by atoms with Crippen LogP contribution in [0.3, 0.4) is 0 Å². The summed E-state index contributed by atoms with van der Waals surface area (Å²) in [5.41, 5.74) is 3.51. The Morgan fingerprint density at radius 3 is 2.31 bits per heavy atom. The number of hydrogen-bond acceptors (Lipinski definition) is 3. The zero-order valence-electron chi connectivity index (χ0n) is 17.7. The molecule has 1 atom stereocenters. The average molecular weight is 429 g/mol. The molecule has 1 amide bonds. The molecular formula is C26H24FN3O2.